The van der Waals surface area contributed by atoms with Crippen LogP contribution >= 0.6 is 23.9 Å². The molecule has 0 saturated carbocycles. The lowest BCUT2D eigenvalue weighted by Gasteiger charge is -2.14. The summed E-state index contributed by atoms with van der Waals surface area (Å²) in [6.45, 7) is 1.43. The first kappa shape index (κ1) is 23.6. The van der Waals surface area contributed by atoms with Gasteiger partial charge in [-0.15, -0.1) is 9.20 Å². The lowest BCUT2D eigenvalue weighted by molar-refractivity contribution is -0.157. The SMILES string of the molecule is Cc1ccc2c(c1)ncn2[C@H]1C[C@H](O)[C@@H](CO[P+](=O)OP(=O)(O)OP(=O)(O)OO)O1. The summed E-state index contributed by atoms with van der Waals surface area (Å²) in [5.74, 6) is 0. The average molecular weight is 487 g/mol. The number of hydrogen-bond acceptors (Lipinski definition) is 11. The van der Waals surface area contributed by atoms with Gasteiger partial charge in [-0.25, -0.2) is 19.4 Å². The van der Waals surface area contributed by atoms with Crippen molar-refractivity contribution in [3.05, 3.63) is 30.1 Å². The van der Waals surface area contributed by atoms with Gasteiger partial charge >= 0.3 is 23.9 Å². The van der Waals surface area contributed by atoms with Crippen molar-refractivity contribution in [2.45, 2.75) is 31.8 Å². The lowest BCUT2D eigenvalue weighted by atomic mass is 10.2. The predicted molar refractivity (Wildman–Crippen MR) is 98.1 cm³/mol. The molecule has 6 atom stereocenters. The largest absolute Gasteiger partial charge is 0.708 e. The summed E-state index contributed by atoms with van der Waals surface area (Å²) in [7, 11) is -14.0. The molecule has 1 saturated heterocycles. The van der Waals surface area contributed by atoms with Gasteiger partial charge in [0.2, 0.25) is 0 Å². The monoisotopic (exact) mass is 487 g/mol. The van der Waals surface area contributed by atoms with E-state index in [0.717, 1.165) is 16.6 Å². The van der Waals surface area contributed by atoms with E-state index in [2.05, 4.69) is 18.3 Å². The molecule has 3 rings (SSSR count). The van der Waals surface area contributed by atoms with Gasteiger partial charge in [0.05, 0.1) is 23.5 Å². The highest BCUT2D eigenvalue weighted by Crippen LogP contribution is 2.63. The smallest absolute Gasteiger partial charge is 0.390 e. The van der Waals surface area contributed by atoms with Crippen LogP contribution in [0, 0.1) is 6.92 Å². The zero-order chi connectivity index (χ0) is 22.1. The molecule has 1 aliphatic rings. The molecule has 1 aliphatic heterocycles. The maximum absolute atomic E-state index is 11.7. The normalized spacial score (nSPS) is 26.4. The molecule has 30 heavy (non-hydrogen) atoms. The van der Waals surface area contributed by atoms with Crippen molar-refractivity contribution >= 4 is 34.9 Å². The van der Waals surface area contributed by atoms with Gasteiger partial charge in [0.25, 0.3) is 0 Å². The molecule has 166 valence electrons. The van der Waals surface area contributed by atoms with Gasteiger partial charge in [-0.3, -0.25) is 4.89 Å². The molecule has 1 fully saturated rings. The number of fused-ring (bicyclic) bond motifs is 1. The Morgan fingerprint density at radius 3 is 2.77 bits per heavy atom. The van der Waals surface area contributed by atoms with E-state index in [0.29, 0.717) is 0 Å². The second-order valence-electron chi connectivity index (χ2n) is 6.28. The number of aliphatic hydroxyl groups excluding tert-OH is 1. The van der Waals surface area contributed by atoms with E-state index in [-0.39, 0.29) is 6.42 Å². The number of imidazole rings is 1. The Labute approximate surface area is 170 Å². The second-order valence-corrected chi connectivity index (χ2v) is 10.3. The molecule has 1 aromatic carbocycles. The lowest BCUT2D eigenvalue weighted by Crippen LogP contribution is -2.25. The first-order chi connectivity index (χ1) is 14.0. The number of phosphoric acid groups is 2. The minimum absolute atomic E-state index is 0.175. The van der Waals surface area contributed by atoms with Gasteiger partial charge in [-0.05, 0) is 28.9 Å². The topological polar surface area (TPSA) is 196 Å². The third kappa shape index (κ3) is 5.77. The number of ether oxygens (including phenoxy) is 1. The Hall–Kier alpha value is -1.11. The van der Waals surface area contributed by atoms with Crippen LogP contribution in [0.2, 0.25) is 0 Å². The summed E-state index contributed by atoms with van der Waals surface area (Å²) in [6.07, 6.45) is -0.824. The van der Waals surface area contributed by atoms with Crippen molar-refractivity contribution in [3.8, 4) is 0 Å². The molecule has 2 heterocycles. The maximum Gasteiger partial charge on any atom is 0.708 e. The van der Waals surface area contributed by atoms with Crippen LogP contribution in [0.5, 0.6) is 0 Å². The van der Waals surface area contributed by atoms with Gasteiger partial charge in [-0.1, -0.05) is 6.07 Å². The van der Waals surface area contributed by atoms with E-state index < -0.39 is 48.9 Å². The quantitative estimate of drug-likeness (QED) is 0.229. The van der Waals surface area contributed by atoms with E-state index in [1.165, 1.54) is 0 Å². The summed E-state index contributed by atoms with van der Waals surface area (Å²) in [5.41, 5.74) is 2.56. The molecule has 14 nitrogen and oxygen atoms in total. The van der Waals surface area contributed by atoms with E-state index in [9.17, 15) is 23.7 Å². The summed E-state index contributed by atoms with van der Waals surface area (Å²) in [6, 6.07) is 5.65. The zero-order valence-electron chi connectivity index (χ0n) is 15.2. The Balaban J connectivity index is 1.57. The minimum Gasteiger partial charge on any atom is -0.390 e. The molecular formula is C13H18N2O12P3+. The summed E-state index contributed by atoms with van der Waals surface area (Å²) >= 11 is 0. The number of nitrogens with zero attached hydrogens (tertiary/aromatic N) is 2. The summed E-state index contributed by atoms with van der Waals surface area (Å²) in [4.78, 5) is 22.3. The number of rotatable bonds is 9. The molecule has 0 spiro atoms. The van der Waals surface area contributed by atoms with Gasteiger partial charge in [0.15, 0.2) is 0 Å². The third-order valence-electron chi connectivity index (χ3n) is 4.07. The van der Waals surface area contributed by atoms with Gasteiger partial charge < -0.3 is 19.3 Å². The van der Waals surface area contributed by atoms with E-state index in [1.54, 1.807) is 10.9 Å². The molecule has 17 heteroatoms. The first-order valence-electron chi connectivity index (χ1n) is 8.26. The standard InChI is InChI=1S/C13H17N2O12P3/c1-8-2-3-10-9(4-8)14-7-15(10)13-5-11(16)12(24-13)6-23-28(18)26-30(21,22)27-29(19,20)25-17/h2-4,7,11-13,16H,5-6H2,1H3,(H2-,17,19,20,21,22)/p+1/t11-,12+,13+/m0/s1. The molecule has 2 aromatic rings. The van der Waals surface area contributed by atoms with Gasteiger partial charge in [0, 0.05) is 11.0 Å². The predicted octanol–water partition coefficient (Wildman–Crippen LogP) is 2.39. The number of aliphatic hydroxyl groups is 1. The van der Waals surface area contributed by atoms with Crippen molar-refractivity contribution in [1.29, 1.82) is 0 Å². The molecule has 4 N–H and O–H groups in total. The van der Waals surface area contributed by atoms with Crippen LogP contribution in [0.15, 0.2) is 24.5 Å². The van der Waals surface area contributed by atoms with Crippen LogP contribution in [0.4, 0.5) is 0 Å². The summed E-state index contributed by atoms with van der Waals surface area (Å²) in [5, 5.41) is 18.3. The Morgan fingerprint density at radius 1 is 1.33 bits per heavy atom. The molecule has 0 aliphatic carbocycles. The van der Waals surface area contributed by atoms with Crippen molar-refractivity contribution < 1.29 is 56.4 Å². The highest BCUT2D eigenvalue weighted by Gasteiger charge is 2.46. The average Bonchev–Trinajstić information content (AvgIpc) is 3.21. The minimum atomic E-state index is -5.37. The highest BCUT2D eigenvalue weighted by molar-refractivity contribution is 7.64. The van der Waals surface area contributed by atoms with Gasteiger partial charge in [-0.2, -0.15) is 4.31 Å². The van der Waals surface area contributed by atoms with Gasteiger partial charge in [0.1, 0.15) is 18.9 Å². The van der Waals surface area contributed by atoms with Crippen LogP contribution in [-0.2, 0) is 36.3 Å². The van der Waals surface area contributed by atoms with Crippen LogP contribution in [0.3, 0.4) is 0 Å². The highest BCUT2D eigenvalue weighted by atomic mass is 31.3. The second kappa shape index (κ2) is 9.17. The van der Waals surface area contributed by atoms with Crippen LogP contribution in [0.25, 0.3) is 11.0 Å². The molecular weight excluding hydrogens is 469 g/mol. The van der Waals surface area contributed by atoms with E-state index in [1.807, 2.05) is 25.1 Å². The van der Waals surface area contributed by atoms with Crippen molar-refractivity contribution in [3.63, 3.8) is 0 Å². The van der Waals surface area contributed by atoms with Crippen molar-refractivity contribution in [2.24, 2.45) is 0 Å². The fourth-order valence-corrected chi connectivity index (χ4v) is 5.49. The van der Waals surface area contributed by atoms with Crippen LogP contribution in [-0.4, -0.2) is 48.5 Å². The fourth-order valence-electron chi connectivity index (χ4n) is 2.81. The third-order valence-corrected chi connectivity index (χ3v) is 7.64. The number of hydrogen-bond donors (Lipinski definition) is 4. The van der Waals surface area contributed by atoms with E-state index >= 15 is 0 Å². The number of benzene rings is 1. The Kier molecular flexibility index (Phi) is 7.20. The Bertz CT molecular complexity index is 1030. The molecule has 1 aromatic heterocycles. The first-order valence-corrected chi connectivity index (χ1v) is 12.3. The number of aromatic nitrogens is 2. The number of aryl methyl sites for hydroxylation is 1. The molecule has 0 amide bonds. The summed E-state index contributed by atoms with van der Waals surface area (Å²) < 4.78 is 56.8. The van der Waals surface area contributed by atoms with E-state index in [4.69, 9.17) is 19.4 Å². The van der Waals surface area contributed by atoms with Crippen LogP contribution in [0.1, 0.15) is 18.2 Å². The zero-order valence-corrected chi connectivity index (χ0v) is 17.9. The molecule has 0 radical (unpaired) electrons. The van der Waals surface area contributed by atoms with Crippen molar-refractivity contribution in [1.82, 2.24) is 9.55 Å². The van der Waals surface area contributed by atoms with Crippen molar-refractivity contribution in [2.75, 3.05) is 6.61 Å². The Morgan fingerprint density at radius 2 is 2.07 bits per heavy atom. The molecule has 3 unspecified atom stereocenters. The maximum atomic E-state index is 11.7. The van der Waals surface area contributed by atoms with Crippen LogP contribution < -0.4 is 0 Å². The fraction of sp³-hybridized carbons (Fsp3) is 0.462. The molecule has 0 bridgehead atoms.